The fourth-order valence-electron chi connectivity index (χ4n) is 2.16. The molecule has 4 nitrogen and oxygen atoms in total. The van der Waals surface area contributed by atoms with Gasteiger partial charge in [-0.3, -0.25) is 9.69 Å². The van der Waals surface area contributed by atoms with Crippen molar-refractivity contribution in [2.45, 2.75) is 33.2 Å². The maximum Gasteiger partial charge on any atom is 0.234 e. The highest BCUT2D eigenvalue weighted by atomic mass is 16.2. The van der Waals surface area contributed by atoms with Gasteiger partial charge in [0, 0.05) is 32.2 Å². The number of carbonyl (C=O) groups excluding carboxylic acids is 1. The van der Waals surface area contributed by atoms with E-state index in [1.54, 1.807) is 0 Å². The van der Waals surface area contributed by atoms with E-state index in [-0.39, 0.29) is 11.9 Å². The molecule has 4 heteroatoms. The second-order valence-corrected chi connectivity index (χ2v) is 5.12. The topological polar surface area (TPSA) is 44.4 Å². The number of piperazine rings is 1. The predicted octanol–water partition coefficient (Wildman–Crippen LogP) is 0.442. The van der Waals surface area contributed by atoms with Crippen molar-refractivity contribution in [2.75, 3.05) is 32.7 Å². The van der Waals surface area contributed by atoms with E-state index in [1.807, 2.05) is 0 Å². The molecule has 1 atom stereocenters. The summed E-state index contributed by atoms with van der Waals surface area (Å²) in [5.74, 6) is 0.796. The first-order chi connectivity index (χ1) is 7.58. The first-order valence-electron chi connectivity index (χ1n) is 6.30. The third-order valence-corrected chi connectivity index (χ3v) is 2.81. The number of amides is 1. The molecule has 1 aliphatic rings. The van der Waals surface area contributed by atoms with Gasteiger partial charge in [0.1, 0.15) is 0 Å². The lowest BCUT2D eigenvalue weighted by Crippen LogP contribution is -2.48. The Labute approximate surface area is 98.8 Å². The highest BCUT2D eigenvalue weighted by molar-refractivity contribution is 5.78. The van der Waals surface area contributed by atoms with Gasteiger partial charge in [0.05, 0.1) is 6.54 Å². The molecule has 1 heterocycles. The molecule has 0 aromatic heterocycles. The normalized spacial score (nSPS) is 19.8. The third kappa shape index (κ3) is 5.47. The van der Waals surface area contributed by atoms with Crippen molar-refractivity contribution in [2.24, 2.45) is 5.92 Å². The van der Waals surface area contributed by atoms with Crippen LogP contribution in [0, 0.1) is 5.92 Å². The van der Waals surface area contributed by atoms with Crippen LogP contribution in [0.4, 0.5) is 0 Å². The smallest absolute Gasteiger partial charge is 0.234 e. The van der Waals surface area contributed by atoms with Crippen molar-refractivity contribution < 1.29 is 4.79 Å². The molecule has 1 unspecified atom stereocenters. The number of hydrogen-bond acceptors (Lipinski definition) is 3. The molecule has 16 heavy (non-hydrogen) atoms. The molecule has 0 spiro atoms. The summed E-state index contributed by atoms with van der Waals surface area (Å²) in [6, 6.07) is 0.287. The van der Waals surface area contributed by atoms with E-state index in [4.69, 9.17) is 0 Å². The molecule has 1 fully saturated rings. The van der Waals surface area contributed by atoms with Crippen LogP contribution in [0.15, 0.2) is 0 Å². The van der Waals surface area contributed by atoms with Gasteiger partial charge < -0.3 is 10.6 Å². The van der Waals surface area contributed by atoms with Crippen LogP contribution in [0.25, 0.3) is 0 Å². The van der Waals surface area contributed by atoms with Crippen LogP contribution in [0.5, 0.6) is 0 Å². The number of rotatable bonds is 5. The largest absolute Gasteiger partial charge is 0.353 e. The fourth-order valence-corrected chi connectivity index (χ4v) is 2.16. The van der Waals surface area contributed by atoms with Gasteiger partial charge in [-0.2, -0.15) is 0 Å². The Bertz CT molecular complexity index is 212. The van der Waals surface area contributed by atoms with E-state index in [0.29, 0.717) is 12.5 Å². The minimum Gasteiger partial charge on any atom is -0.353 e. The summed E-state index contributed by atoms with van der Waals surface area (Å²) in [5.41, 5.74) is 0. The SMILES string of the molecule is CC(C)CC(C)NC(=O)CN1CCNCC1. The van der Waals surface area contributed by atoms with E-state index in [2.05, 4.69) is 36.3 Å². The zero-order chi connectivity index (χ0) is 12.0. The molecule has 0 saturated carbocycles. The lowest BCUT2D eigenvalue weighted by Gasteiger charge is -2.27. The minimum absolute atomic E-state index is 0.162. The molecule has 2 N–H and O–H groups in total. The van der Waals surface area contributed by atoms with Crippen LogP contribution in [-0.4, -0.2) is 49.6 Å². The average molecular weight is 227 g/mol. The molecular weight excluding hydrogens is 202 g/mol. The quantitative estimate of drug-likeness (QED) is 0.716. The van der Waals surface area contributed by atoms with Crippen molar-refractivity contribution in [1.82, 2.24) is 15.5 Å². The Morgan fingerprint density at radius 1 is 1.31 bits per heavy atom. The number of nitrogens with one attached hydrogen (secondary N) is 2. The maximum absolute atomic E-state index is 11.7. The molecule has 1 aliphatic heterocycles. The Morgan fingerprint density at radius 3 is 2.50 bits per heavy atom. The summed E-state index contributed by atoms with van der Waals surface area (Å²) < 4.78 is 0. The molecule has 94 valence electrons. The van der Waals surface area contributed by atoms with Crippen LogP contribution in [0.3, 0.4) is 0 Å². The Hall–Kier alpha value is -0.610. The summed E-state index contributed by atoms with van der Waals surface area (Å²) >= 11 is 0. The van der Waals surface area contributed by atoms with E-state index in [9.17, 15) is 4.79 Å². The summed E-state index contributed by atoms with van der Waals surface area (Å²) in [6.45, 7) is 10.9. The summed E-state index contributed by atoms with van der Waals surface area (Å²) in [6.07, 6.45) is 1.05. The van der Waals surface area contributed by atoms with Gasteiger partial charge in [-0.1, -0.05) is 13.8 Å². The fraction of sp³-hybridized carbons (Fsp3) is 0.917. The Balaban J connectivity index is 2.18. The first kappa shape index (κ1) is 13.5. The van der Waals surface area contributed by atoms with E-state index in [0.717, 1.165) is 32.6 Å². The van der Waals surface area contributed by atoms with Gasteiger partial charge >= 0.3 is 0 Å². The molecular formula is C12H25N3O. The van der Waals surface area contributed by atoms with Gasteiger partial charge in [-0.15, -0.1) is 0 Å². The molecule has 1 saturated heterocycles. The summed E-state index contributed by atoms with van der Waals surface area (Å²) in [5, 5.41) is 6.34. The summed E-state index contributed by atoms with van der Waals surface area (Å²) in [7, 11) is 0. The van der Waals surface area contributed by atoms with Gasteiger partial charge in [0.15, 0.2) is 0 Å². The highest BCUT2D eigenvalue weighted by Crippen LogP contribution is 2.03. The van der Waals surface area contributed by atoms with E-state index in [1.165, 1.54) is 0 Å². The molecule has 0 aromatic rings. The van der Waals surface area contributed by atoms with Crippen molar-refractivity contribution in [3.63, 3.8) is 0 Å². The molecule has 0 aliphatic carbocycles. The highest BCUT2D eigenvalue weighted by Gasteiger charge is 2.15. The number of carbonyl (C=O) groups is 1. The van der Waals surface area contributed by atoms with Crippen LogP contribution >= 0.6 is 0 Å². The van der Waals surface area contributed by atoms with Crippen molar-refractivity contribution >= 4 is 5.91 Å². The van der Waals surface area contributed by atoms with Gasteiger partial charge in [0.2, 0.25) is 5.91 Å². The average Bonchev–Trinajstić information content (AvgIpc) is 2.17. The van der Waals surface area contributed by atoms with Crippen LogP contribution in [-0.2, 0) is 4.79 Å². The monoisotopic (exact) mass is 227 g/mol. The zero-order valence-electron chi connectivity index (χ0n) is 10.8. The molecule has 0 aromatic carbocycles. The van der Waals surface area contributed by atoms with E-state index < -0.39 is 0 Å². The molecule has 0 radical (unpaired) electrons. The van der Waals surface area contributed by atoms with Gasteiger partial charge in [-0.25, -0.2) is 0 Å². The Kier molecular flexibility index (Phi) is 5.77. The summed E-state index contributed by atoms with van der Waals surface area (Å²) in [4.78, 5) is 13.9. The van der Waals surface area contributed by atoms with Gasteiger partial charge in [0.25, 0.3) is 0 Å². The zero-order valence-corrected chi connectivity index (χ0v) is 10.8. The maximum atomic E-state index is 11.7. The molecule has 1 rings (SSSR count). The predicted molar refractivity (Wildman–Crippen MR) is 66.4 cm³/mol. The third-order valence-electron chi connectivity index (χ3n) is 2.81. The van der Waals surface area contributed by atoms with Crippen molar-refractivity contribution in [3.8, 4) is 0 Å². The number of hydrogen-bond donors (Lipinski definition) is 2. The van der Waals surface area contributed by atoms with Crippen LogP contribution in [0.2, 0.25) is 0 Å². The van der Waals surface area contributed by atoms with Crippen LogP contribution in [0.1, 0.15) is 27.2 Å². The van der Waals surface area contributed by atoms with Crippen LogP contribution < -0.4 is 10.6 Å². The number of nitrogens with zero attached hydrogens (tertiary/aromatic N) is 1. The lowest BCUT2D eigenvalue weighted by atomic mass is 10.1. The lowest BCUT2D eigenvalue weighted by molar-refractivity contribution is -0.123. The minimum atomic E-state index is 0.162. The Morgan fingerprint density at radius 2 is 1.94 bits per heavy atom. The molecule has 0 bridgehead atoms. The van der Waals surface area contributed by atoms with Crippen molar-refractivity contribution in [3.05, 3.63) is 0 Å². The standard InChI is InChI=1S/C12H25N3O/c1-10(2)8-11(3)14-12(16)9-15-6-4-13-5-7-15/h10-11,13H,4-9H2,1-3H3,(H,14,16). The second kappa shape index (κ2) is 6.86. The first-order valence-corrected chi connectivity index (χ1v) is 6.30. The van der Waals surface area contributed by atoms with Crippen molar-refractivity contribution in [1.29, 1.82) is 0 Å². The second-order valence-electron chi connectivity index (χ2n) is 5.12. The van der Waals surface area contributed by atoms with Gasteiger partial charge in [-0.05, 0) is 19.3 Å². The van der Waals surface area contributed by atoms with E-state index >= 15 is 0 Å². The molecule has 1 amide bonds.